The van der Waals surface area contributed by atoms with E-state index >= 15 is 0 Å². The predicted octanol–water partition coefficient (Wildman–Crippen LogP) is 0.695. The molecule has 0 amide bonds. The Hall–Kier alpha value is -1.12. The number of allylic oxidation sites excluding steroid dienone is 1. The van der Waals surface area contributed by atoms with Crippen LogP contribution in [0.4, 0.5) is 0 Å². The van der Waals surface area contributed by atoms with E-state index in [2.05, 4.69) is 4.74 Å². The van der Waals surface area contributed by atoms with Crippen molar-refractivity contribution < 1.29 is 14.3 Å². The van der Waals surface area contributed by atoms with Crippen LogP contribution in [-0.2, 0) is 14.3 Å². The van der Waals surface area contributed by atoms with Crippen molar-refractivity contribution in [3.05, 3.63) is 12.2 Å². The molecule has 0 spiro atoms. The van der Waals surface area contributed by atoms with Gasteiger partial charge in [-0.2, -0.15) is 0 Å². The van der Waals surface area contributed by atoms with E-state index in [1.807, 2.05) is 6.92 Å². The molecule has 0 heterocycles. The normalized spacial score (nSPS) is 9.80. The number of ketones is 1. The van der Waals surface area contributed by atoms with Crippen LogP contribution >= 0.6 is 0 Å². The third-order valence-electron chi connectivity index (χ3n) is 0.834. The van der Waals surface area contributed by atoms with Crippen LogP contribution in [0.15, 0.2) is 12.2 Å². The average Bonchev–Trinajstić information content (AvgIpc) is 1.88. The summed E-state index contributed by atoms with van der Waals surface area (Å²) in [6.07, 6.45) is 3.40. The Kier molecular flexibility index (Phi) is 4.20. The highest BCUT2D eigenvalue weighted by Crippen LogP contribution is 1.81. The number of ether oxygens (including phenoxy) is 1. The van der Waals surface area contributed by atoms with Gasteiger partial charge in [-0.1, -0.05) is 12.2 Å². The molecule has 0 unspecified atom stereocenters. The third kappa shape index (κ3) is 3.83. The van der Waals surface area contributed by atoms with E-state index in [9.17, 15) is 9.59 Å². The van der Waals surface area contributed by atoms with Crippen molar-refractivity contribution in [1.29, 1.82) is 0 Å². The van der Waals surface area contributed by atoms with E-state index in [0.29, 0.717) is 0 Å². The minimum Gasteiger partial charge on any atom is -0.456 e. The topological polar surface area (TPSA) is 43.4 Å². The van der Waals surface area contributed by atoms with Crippen LogP contribution < -0.4 is 0 Å². The first-order valence-electron chi connectivity index (χ1n) is 2.97. The van der Waals surface area contributed by atoms with Crippen molar-refractivity contribution in [3.8, 4) is 0 Å². The zero-order valence-corrected chi connectivity index (χ0v) is 6.09. The Morgan fingerprint density at radius 2 is 2.10 bits per heavy atom. The molecule has 0 aromatic heterocycles. The van der Waals surface area contributed by atoms with Gasteiger partial charge < -0.3 is 4.74 Å². The van der Waals surface area contributed by atoms with E-state index in [0.717, 1.165) is 0 Å². The third-order valence-corrected chi connectivity index (χ3v) is 0.834. The fourth-order valence-corrected chi connectivity index (χ4v) is 0.322. The second-order valence-corrected chi connectivity index (χ2v) is 1.72. The molecule has 0 rings (SSSR count). The molecule has 0 bridgehead atoms. The Morgan fingerprint density at radius 3 is 2.50 bits per heavy atom. The monoisotopic (exact) mass is 142 g/mol. The summed E-state index contributed by atoms with van der Waals surface area (Å²) in [5.41, 5.74) is 0. The molecular weight excluding hydrogens is 132 g/mol. The minimum absolute atomic E-state index is 0.176. The first-order chi connectivity index (χ1) is 4.68. The molecule has 0 N–H and O–H groups in total. The molecule has 0 radical (unpaired) electrons. The van der Waals surface area contributed by atoms with Crippen molar-refractivity contribution in [2.24, 2.45) is 0 Å². The maximum Gasteiger partial charge on any atom is 0.374 e. The second kappa shape index (κ2) is 4.73. The van der Waals surface area contributed by atoms with E-state index in [1.165, 1.54) is 6.92 Å². The minimum atomic E-state index is -0.780. The quantitative estimate of drug-likeness (QED) is 0.331. The molecule has 0 atom stereocenters. The highest BCUT2D eigenvalue weighted by atomic mass is 16.5. The Bertz CT molecular complexity index is 158. The van der Waals surface area contributed by atoms with Gasteiger partial charge in [0.05, 0.1) is 0 Å². The number of hydrogen-bond acceptors (Lipinski definition) is 3. The summed E-state index contributed by atoms with van der Waals surface area (Å²) < 4.78 is 4.47. The Labute approximate surface area is 59.7 Å². The smallest absolute Gasteiger partial charge is 0.374 e. The molecule has 10 heavy (non-hydrogen) atoms. The fraction of sp³-hybridized carbons (Fsp3) is 0.429. The lowest BCUT2D eigenvalue weighted by Crippen LogP contribution is -2.13. The summed E-state index contributed by atoms with van der Waals surface area (Å²) >= 11 is 0. The lowest BCUT2D eigenvalue weighted by atomic mass is 10.5. The molecule has 0 fully saturated rings. The van der Waals surface area contributed by atoms with Crippen LogP contribution in [0.5, 0.6) is 0 Å². The van der Waals surface area contributed by atoms with Gasteiger partial charge in [-0.15, -0.1) is 0 Å². The molecule has 0 aliphatic carbocycles. The summed E-state index contributed by atoms with van der Waals surface area (Å²) in [6, 6.07) is 0. The van der Waals surface area contributed by atoms with Crippen LogP contribution in [0.2, 0.25) is 0 Å². The van der Waals surface area contributed by atoms with Gasteiger partial charge in [0.2, 0.25) is 5.78 Å². The summed E-state index contributed by atoms with van der Waals surface area (Å²) in [4.78, 5) is 20.7. The lowest BCUT2D eigenvalue weighted by Gasteiger charge is -1.94. The zero-order valence-electron chi connectivity index (χ0n) is 6.09. The summed E-state index contributed by atoms with van der Waals surface area (Å²) in [5, 5.41) is 0. The highest BCUT2D eigenvalue weighted by Gasteiger charge is 2.05. The summed E-state index contributed by atoms with van der Waals surface area (Å²) in [7, 11) is 0. The molecule has 0 aliphatic heterocycles. The molecule has 56 valence electrons. The number of rotatable bonds is 3. The van der Waals surface area contributed by atoms with Gasteiger partial charge in [-0.05, 0) is 6.92 Å². The highest BCUT2D eigenvalue weighted by molar-refractivity contribution is 6.32. The van der Waals surface area contributed by atoms with Gasteiger partial charge in [0.25, 0.3) is 0 Å². The van der Waals surface area contributed by atoms with Gasteiger partial charge >= 0.3 is 5.97 Å². The van der Waals surface area contributed by atoms with E-state index in [4.69, 9.17) is 0 Å². The largest absolute Gasteiger partial charge is 0.456 e. The predicted molar refractivity (Wildman–Crippen MR) is 36.5 cm³/mol. The summed E-state index contributed by atoms with van der Waals surface area (Å²) in [6.45, 7) is 3.16. The fourth-order valence-electron chi connectivity index (χ4n) is 0.322. The average molecular weight is 142 g/mol. The Morgan fingerprint density at radius 1 is 1.50 bits per heavy atom. The van der Waals surface area contributed by atoms with E-state index in [1.54, 1.807) is 12.2 Å². The first-order valence-corrected chi connectivity index (χ1v) is 2.97. The number of hydrogen-bond donors (Lipinski definition) is 0. The van der Waals surface area contributed by atoms with Crippen LogP contribution in [0.1, 0.15) is 13.8 Å². The van der Waals surface area contributed by atoms with Crippen molar-refractivity contribution in [3.63, 3.8) is 0 Å². The van der Waals surface area contributed by atoms with Crippen molar-refractivity contribution in [2.45, 2.75) is 13.8 Å². The van der Waals surface area contributed by atoms with Gasteiger partial charge in [-0.25, -0.2) is 4.79 Å². The SMILES string of the molecule is C/C=C/COC(=O)C(C)=O. The van der Waals surface area contributed by atoms with Crippen LogP contribution in [-0.4, -0.2) is 18.4 Å². The van der Waals surface area contributed by atoms with Gasteiger partial charge in [0, 0.05) is 6.92 Å². The molecule has 0 aliphatic rings. The number of carbonyl (C=O) groups excluding carboxylic acids is 2. The van der Waals surface area contributed by atoms with Crippen LogP contribution in [0, 0.1) is 0 Å². The second-order valence-electron chi connectivity index (χ2n) is 1.72. The lowest BCUT2D eigenvalue weighted by molar-refractivity contribution is -0.151. The Balaban J connectivity index is 3.50. The number of esters is 1. The first kappa shape index (κ1) is 8.88. The van der Waals surface area contributed by atoms with Crippen molar-refractivity contribution in [2.75, 3.05) is 6.61 Å². The number of Topliss-reactive ketones (excluding diaryl/α,β-unsaturated/α-hetero) is 1. The molecule has 0 saturated heterocycles. The molecule has 3 nitrogen and oxygen atoms in total. The van der Waals surface area contributed by atoms with Gasteiger partial charge in [-0.3, -0.25) is 4.79 Å². The molecule has 0 aromatic carbocycles. The standard InChI is InChI=1S/C7H10O3/c1-3-4-5-10-7(9)6(2)8/h3-4H,5H2,1-2H3/b4-3+. The summed E-state index contributed by atoms with van der Waals surface area (Å²) in [5.74, 6) is -1.34. The molecule has 0 saturated carbocycles. The molecule has 3 heteroatoms. The van der Waals surface area contributed by atoms with Crippen molar-refractivity contribution in [1.82, 2.24) is 0 Å². The van der Waals surface area contributed by atoms with Crippen LogP contribution in [0.3, 0.4) is 0 Å². The van der Waals surface area contributed by atoms with E-state index in [-0.39, 0.29) is 6.61 Å². The molecular formula is C7H10O3. The van der Waals surface area contributed by atoms with Crippen LogP contribution in [0.25, 0.3) is 0 Å². The van der Waals surface area contributed by atoms with Gasteiger partial charge in [0.1, 0.15) is 6.61 Å². The zero-order chi connectivity index (χ0) is 7.98. The maximum absolute atomic E-state index is 10.4. The van der Waals surface area contributed by atoms with E-state index < -0.39 is 11.8 Å². The molecule has 0 aromatic rings. The maximum atomic E-state index is 10.4. The van der Waals surface area contributed by atoms with Gasteiger partial charge in [0.15, 0.2) is 0 Å². The number of carbonyl (C=O) groups is 2. The van der Waals surface area contributed by atoms with Crippen molar-refractivity contribution >= 4 is 11.8 Å².